The summed E-state index contributed by atoms with van der Waals surface area (Å²) in [6.07, 6.45) is 5.91. The number of likely N-dealkylation sites (tertiary alicyclic amines) is 1. The third-order valence-electron chi connectivity index (χ3n) is 6.65. The SMILES string of the molecule is CC(C)(C)c1ccc([C@@H]2C(=C(O)c3ccc4c(c3)OCO4)C(=O)C(=O)N2CCCn2ccnc2)cc1. The van der Waals surface area contributed by atoms with Crippen LogP contribution in [0.5, 0.6) is 11.5 Å². The molecule has 1 atom stereocenters. The molecule has 8 heteroatoms. The number of hydrogen-bond acceptors (Lipinski definition) is 6. The largest absolute Gasteiger partial charge is 0.507 e. The van der Waals surface area contributed by atoms with Gasteiger partial charge >= 0.3 is 0 Å². The number of aliphatic hydroxyl groups is 1. The number of ketones is 1. The highest BCUT2D eigenvalue weighted by atomic mass is 16.7. The van der Waals surface area contributed by atoms with Gasteiger partial charge in [-0.3, -0.25) is 9.59 Å². The van der Waals surface area contributed by atoms with Crippen molar-refractivity contribution >= 4 is 17.4 Å². The third kappa shape index (κ3) is 4.34. The lowest BCUT2D eigenvalue weighted by molar-refractivity contribution is -0.139. The molecule has 0 spiro atoms. The number of aryl methyl sites for hydroxylation is 1. The monoisotopic (exact) mass is 487 g/mol. The highest BCUT2D eigenvalue weighted by Gasteiger charge is 2.46. The van der Waals surface area contributed by atoms with Crippen LogP contribution in [0.3, 0.4) is 0 Å². The zero-order valence-corrected chi connectivity index (χ0v) is 20.6. The number of rotatable bonds is 6. The third-order valence-corrected chi connectivity index (χ3v) is 6.65. The van der Waals surface area contributed by atoms with Crippen molar-refractivity contribution < 1.29 is 24.2 Å². The summed E-state index contributed by atoms with van der Waals surface area (Å²) in [6.45, 7) is 7.49. The van der Waals surface area contributed by atoms with Crippen LogP contribution in [0.1, 0.15) is 49.9 Å². The quantitative estimate of drug-likeness (QED) is 0.314. The minimum atomic E-state index is -0.702. The molecular formula is C28H29N3O5. The van der Waals surface area contributed by atoms with E-state index < -0.39 is 17.7 Å². The van der Waals surface area contributed by atoms with Gasteiger partial charge in [-0.15, -0.1) is 0 Å². The lowest BCUT2D eigenvalue weighted by Crippen LogP contribution is -2.31. The lowest BCUT2D eigenvalue weighted by atomic mass is 9.85. The molecule has 3 aromatic rings. The van der Waals surface area contributed by atoms with Crippen molar-refractivity contribution in [2.24, 2.45) is 0 Å². The molecule has 2 aromatic carbocycles. The maximum Gasteiger partial charge on any atom is 0.295 e. The second-order valence-electron chi connectivity index (χ2n) is 10.1. The Bertz CT molecular complexity index is 1320. The molecule has 1 saturated heterocycles. The fourth-order valence-corrected chi connectivity index (χ4v) is 4.66. The maximum atomic E-state index is 13.3. The molecule has 0 unspecified atom stereocenters. The summed E-state index contributed by atoms with van der Waals surface area (Å²) in [5.41, 5.74) is 2.33. The van der Waals surface area contributed by atoms with Crippen molar-refractivity contribution in [3.8, 4) is 11.5 Å². The first-order valence-electron chi connectivity index (χ1n) is 12.0. The molecule has 1 amide bonds. The van der Waals surface area contributed by atoms with E-state index in [0.29, 0.717) is 36.6 Å². The minimum absolute atomic E-state index is 0.0440. The van der Waals surface area contributed by atoms with Crippen LogP contribution in [0.25, 0.3) is 5.76 Å². The number of carbonyl (C=O) groups is 2. The van der Waals surface area contributed by atoms with E-state index in [-0.39, 0.29) is 23.5 Å². The van der Waals surface area contributed by atoms with Crippen LogP contribution in [0.15, 0.2) is 66.8 Å². The molecule has 1 N–H and O–H groups in total. The number of ether oxygens (including phenoxy) is 2. The summed E-state index contributed by atoms with van der Waals surface area (Å²) in [7, 11) is 0. The summed E-state index contributed by atoms with van der Waals surface area (Å²) < 4.78 is 12.7. The van der Waals surface area contributed by atoms with Gasteiger partial charge in [0.1, 0.15) is 5.76 Å². The van der Waals surface area contributed by atoms with Gasteiger partial charge in [0, 0.05) is 31.0 Å². The fourth-order valence-electron chi connectivity index (χ4n) is 4.66. The second kappa shape index (κ2) is 9.18. The Hall–Kier alpha value is -4.07. The molecule has 36 heavy (non-hydrogen) atoms. The number of fused-ring (bicyclic) bond motifs is 1. The van der Waals surface area contributed by atoms with Crippen molar-refractivity contribution in [3.63, 3.8) is 0 Å². The molecule has 0 saturated carbocycles. The van der Waals surface area contributed by atoms with E-state index >= 15 is 0 Å². The first-order valence-corrected chi connectivity index (χ1v) is 12.0. The molecule has 8 nitrogen and oxygen atoms in total. The molecule has 3 heterocycles. The van der Waals surface area contributed by atoms with Crippen LogP contribution in [-0.2, 0) is 21.5 Å². The van der Waals surface area contributed by atoms with E-state index in [0.717, 1.165) is 11.1 Å². The van der Waals surface area contributed by atoms with Gasteiger partial charge in [-0.1, -0.05) is 45.0 Å². The van der Waals surface area contributed by atoms with Crippen LogP contribution >= 0.6 is 0 Å². The summed E-state index contributed by atoms with van der Waals surface area (Å²) in [5, 5.41) is 11.3. The van der Waals surface area contributed by atoms with Gasteiger partial charge in [0.25, 0.3) is 11.7 Å². The highest BCUT2D eigenvalue weighted by molar-refractivity contribution is 6.46. The summed E-state index contributed by atoms with van der Waals surface area (Å²) in [4.78, 5) is 32.1. The first-order chi connectivity index (χ1) is 17.2. The van der Waals surface area contributed by atoms with Gasteiger partial charge in [-0.05, 0) is 41.2 Å². The number of imidazole rings is 1. The van der Waals surface area contributed by atoms with E-state index in [4.69, 9.17) is 9.47 Å². The van der Waals surface area contributed by atoms with Crippen LogP contribution in [0.4, 0.5) is 0 Å². The zero-order chi connectivity index (χ0) is 25.4. The van der Waals surface area contributed by atoms with Crippen LogP contribution in [-0.4, -0.2) is 44.6 Å². The summed E-state index contributed by atoms with van der Waals surface area (Å²) in [6, 6.07) is 12.2. The van der Waals surface area contributed by atoms with E-state index in [1.807, 2.05) is 35.0 Å². The molecule has 0 aliphatic carbocycles. The number of aromatic nitrogens is 2. The fraction of sp³-hybridized carbons (Fsp3) is 0.321. The Balaban J connectivity index is 1.54. The number of carbonyl (C=O) groups excluding carboxylic acids is 2. The average molecular weight is 488 g/mol. The van der Waals surface area contributed by atoms with Crippen molar-refractivity contribution in [2.75, 3.05) is 13.3 Å². The second-order valence-corrected chi connectivity index (χ2v) is 10.1. The Labute approximate surface area is 209 Å². The summed E-state index contributed by atoms with van der Waals surface area (Å²) >= 11 is 0. The number of nitrogens with zero attached hydrogens (tertiary/aromatic N) is 3. The molecule has 2 aliphatic heterocycles. The summed E-state index contributed by atoms with van der Waals surface area (Å²) in [5.74, 6) is -0.486. The average Bonchev–Trinajstić information content (AvgIpc) is 3.60. The first kappa shape index (κ1) is 23.7. The van der Waals surface area contributed by atoms with Crippen LogP contribution in [0.2, 0.25) is 0 Å². The molecular weight excluding hydrogens is 458 g/mol. The number of hydrogen-bond donors (Lipinski definition) is 1. The molecule has 5 rings (SSSR count). The van der Waals surface area contributed by atoms with Gasteiger partial charge in [-0.2, -0.15) is 0 Å². The minimum Gasteiger partial charge on any atom is -0.507 e. The van der Waals surface area contributed by atoms with Crippen LogP contribution in [0, 0.1) is 0 Å². The number of benzene rings is 2. The van der Waals surface area contributed by atoms with E-state index in [1.165, 1.54) is 0 Å². The van der Waals surface area contributed by atoms with Crippen LogP contribution < -0.4 is 9.47 Å². The van der Waals surface area contributed by atoms with Crippen molar-refractivity contribution in [1.82, 2.24) is 14.5 Å². The standard InChI is InChI=1S/C28H29N3O5/c1-28(2,3)20-8-5-18(6-9-20)24-23(25(32)19-7-10-21-22(15-19)36-17-35-21)26(33)27(34)31(24)13-4-12-30-14-11-29-16-30/h5-11,14-16,24,32H,4,12-13,17H2,1-3H3/t24-/m1/s1. The molecule has 0 bridgehead atoms. The van der Waals surface area contributed by atoms with E-state index in [2.05, 4.69) is 25.8 Å². The molecule has 1 fully saturated rings. The molecule has 0 radical (unpaired) electrons. The van der Waals surface area contributed by atoms with Gasteiger partial charge in [0.2, 0.25) is 6.79 Å². The molecule has 2 aliphatic rings. The molecule has 1 aromatic heterocycles. The predicted molar refractivity (Wildman–Crippen MR) is 134 cm³/mol. The Morgan fingerprint density at radius 2 is 1.81 bits per heavy atom. The zero-order valence-electron chi connectivity index (χ0n) is 20.6. The number of amides is 1. The normalized spacial score (nSPS) is 18.8. The predicted octanol–water partition coefficient (Wildman–Crippen LogP) is 4.42. The Morgan fingerprint density at radius 3 is 2.50 bits per heavy atom. The maximum absolute atomic E-state index is 13.3. The smallest absolute Gasteiger partial charge is 0.295 e. The number of Topliss-reactive ketones (excluding diaryl/α,β-unsaturated/α-hetero) is 1. The highest BCUT2D eigenvalue weighted by Crippen LogP contribution is 2.42. The lowest BCUT2D eigenvalue weighted by Gasteiger charge is -2.26. The van der Waals surface area contributed by atoms with Crippen molar-refractivity contribution in [3.05, 3.63) is 83.4 Å². The van der Waals surface area contributed by atoms with Gasteiger partial charge < -0.3 is 24.0 Å². The Kier molecular flexibility index (Phi) is 6.04. The van der Waals surface area contributed by atoms with Crippen molar-refractivity contribution in [1.29, 1.82) is 0 Å². The molecule has 186 valence electrons. The Morgan fingerprint density at radius 1 is 1.06 bits per heavy atom. The van der Waals surface area contributed by atoms with Gasteiger partial charge in [0.05, 0.1) is 17.9 Å². The van der Waals surface area contributed by atoms with E-state index in [1.54, 1.807) is 35.6 Å². The van der Waals surface area contributed by atoms with Gasteiger partial charge in [0.15, 0.2) is 11.5 Å². The van der Waals surface area contributed by atoms with E-state index in [9.17, 15) is 14.7 Å². The topological polar surface area (TPSA) is 93.9 Å². The van der Waals surface area contributed by atoms with Crippen molar-refractivity contribution in [2.45, 2.75) is 45.2 Å². The number of aliphatic hydroxyl groups excluding tert-OH is 1. The van der Waals surface area contributed by atoms with Gasteiger partial charge in [-0.25, -0.2) is 4.98 Å².